The van der Waals surface area contributed by atoms with Crippen molar-refractivity contribution in [1.82, 2.24) is 5.32 Å². The summed E-state index contributed by atoms with van der Waals surface area (Å²) in [7, 11) is 3.38. The zero-order chi connectivity index (χ0) is 11.5. The maximum atomic E-state index is 5.48. The molecular formula is C13H19NO2. The average molecular weight is 221 g/mol. The number of ether oxygens (including phenoxy) is 2. The quantitative estimate of drug-likeness (QED) is 0.848. The molecule has 2 rings (SSSR count). The Morgan fingerprint density at radius 2 is 2.06 bits per heavy atom. The summed E-state index contributed by atoms with van der Waals surface area (Å²) in [4.78, 5) is 0. The van der Waals surface area contributed by atoms with E-state index in [-0.39, 0.29) is 0 Å². The highest BCUT2D eigenvalue weighted by molar-refractivity contribution is 5.49. The maximum Gasteiger partial charge on any atom is 0.164 e. The van der Waals surface area contributed by atoms with Crippen molar-refractivity contribution in [3.8, 4) is 11.5 Å². The van der Waals surface area contributed by atoms with Crippen molar-refractivity contribution in [3.63, 3.8) is 0 Å². The fourth-order valence-electron chi connectivity index (χ4n) is 2.49. The Morgan fingerprint density at radius 1 is 1.25 bits per heavy atom. The number of methoxy groups -OCH3 is 2. The molecule has 3 nitrogen and oxygen atoms in total. The van der Waals surface area contributed by atoms with Gasteiger partial charge in [0.2, 0.25) is 0 Å². The van der Waals surface area contributed by atoms with Crippen LogP contribution in [-0.2, 0) is 0 Å². The van der Waals surface area contributed by atoms with Crippen molar-refractivity contribution in [1.29, 1.82) is 0 Å². The van der Waals surface area contributed by atoms with Gasteiger partial charge in [0.05, 0.1) is 14.2 Å². The normalized spacial score (nSPS) is 24.4. The van der Waals surface area contributed by atoms with Crippen molar-refractivity contribution in [2.24, 2.45) is 0 Å². The lowest BCUT2D eigenvalue weighted by Gasteiger charge is -2.20. The van der Waals surface area contributed by atoms with Crippen LogP contribution in [0, 0.1) is 0 Å². The topological polar surface area (TPSA) is 30.5 Å². The van der Waals surface area contributed by atoms with Gasteiger partial charge in [-0.2, -0.15) is 0 Å². The highest BCUT2D eigenvalue weighted by Crippen LogP contribution is 2.39. The molecular weight excluding hydrogens is 202 g/mol. The van der Waals surface area contributed by atoms with Gasteiger partial charge in [0.25, 0.3) is 0 Å². The van der Waals surface area contributed by atoms with Gasteiger partial charge in [0.15, 0.2) is 11.5 Å². The minimum atomic E-state index is 0.501. The molecule has 1 fully saturated rings. The first-order valence-electron chi connectivity index (χ1n) is 5.72. The van der Waals surface area contributed by atoms with Gasteiger partial charge in [-0.05, 0) is 26.0 Å². The van der Waals surface area contributed by atoms with E-state index in [1.165, 1.54) is 5.56 Å². The van der Waals surface area contributed by atoms with Gasteiger partial charge < -0.3 is 14.8 Å². The van der Waals surface area contributed by atoms with Crippen molar-refractivity contribution < 1.29 is 9.47 Å². The van der Waals surface area contributed by atoms with Gasteiger partial charge in [0.1, 0.15) is 0 Å². The number of hydrogen-bond acceptors (Lipinski definition) is 3. The molecule has 1 aliphatic heterocycles. The summed E-state index contributed by atoms with van der Waals surface area (Å²) in [6.45, 7) is 3.29. The average Bonchev–Trinajstić information content (AvgIpc) is 2.74. The fourth-order valence-corrected chi connectivity index (χ4v) is 2.49. The van der Waals surface area contributed by atoms with E-state index < -0.39 is 0 Å². The number of benzene rings is 1. The monoisotopic (exact) mass is 221 g/mol. The minimum absolute atomic E-state index is 0.501. The molecule has 16 heavy (non-hydrogen) atoms. The summed E-state index contributed by atoms with van der Waals surface area (Å²) in [5, 5.41) is 3.46. The Balaban J connectivity index is 2.39. The third kappa shape index (κ3) is 1.87. The van der Waals surface area contributed by atoms with Gasteiger partial charge >= 0.3 is 0 Å². The molecule has 1 aromatic rings. The standard InChI is InChI=1S/C13H19NO2/c1-9-10(7-8-14-9)11-5-4-6-12(15-2)13(11)16-3/h4-6,9-10,14H,7-8H2,1-3H3. The van der Waals surface area contributed by atoms with E-state index in [1.807, 2.05) is 12.1 Å². The molecule has 0 radical (unpaired) electrons. The molecule has 0 bridgehead atoms. The highest BCUT2D eigenvalue weighted by atomic mass is 16.5. The van der Waals surface area contributed by atoms with Gasteiger partial charge in [-0.3, -0.25) is 0 Å². The summed E-state index contributed by atoms with van der Waals surface area (Å²) < 4.78 is 10.8. The van der Waals surface area contributed by atoms with Gasteiger partial charge in [-0.15, -0.1) is 0 Å². The van der Waals surface area contributed by atoms with Gasteiger partial charge in [-0.25, -0.2) is 0 Å². The second-order valence-electron chi connectivity index (χ2n) is 4.22. The van der Waals surface area contributed by atoms with Crippen LogP contribution in [0.1, 0.15) is 24.8 Å². The molecule has 1 aromatic carbocycles. The molecule has 1 heterocycles. The molecule has 0 amide bonds. The Labute approximate surface area is 96.8 Å². The van der Waals surface area contributed by atoms with Crippen molar-refractivity contribution >= 4 is 0 Å². The molecule has 1 aliphatic rings. The SMILES string of the molecule is COc1cccc(C2CCNC2C)c1OC. The van der Waals surface area contributed by atoms with Crippen molar-refractivity contribution in [2.75, 3.05) is 20.8 Å². The van der Waals surface area contributed by atoms with E-state index >= 15 is 0 Å². The van der Waals surface area contributed by atoms with E-state index in [4.69, 9.17) is 9.47 Å². The zero-order valence-electron chi connectivity index (χ0n) is 10.1. The minimum Gasteiger partial charge on any atom is -0.493 e. The summed E-state index contributed by atoms with van der Waals surface area (Å²) >= 11 is 0. The Morgan fingerprint density at radius 3 is 2.62 bits per heavy atom. The van der Waals surface area contributed by atoms with Crippen molar-refractivity contribution in [3.05, 3.63) is 23.8 Å². The van der Waals surface area contributed by atoms with Gasteiger partial charge in [-0.1, -0.05) is 12.1 Å². The van der Waals surface area contributed by atoms with Crippen LogP contribution in [0.2, 0.25) is 0 Å². The van der Waals surface area contributed by atoms with E-state index in [0.717, 1.165) is 24.5 Å². The predicted molar refractivity (Wildman–Crippen MR) is 64.4 cm³/mol. The van der Waals surface area contributed by atoms with Gasteiger partial charge in [0, 0.05) is 17.5 Å². The lowest BCUT2D eigenvalue weighted by atomic mass is 9.92. The molecule has 1 saturated heterocycles. The predicted octanol–water partition coefficient (Wildman–Crippen LogP) is 2.17. The Hall–Kier alpha value is -1.22. The smallest absolute Gasteiger partial charge is 0.164 e. The Kier molecular flexibility index (Phi) is 3.34. The van der Waals surface area contributed by atoms with Crippen LogP contribution >= 0.6 is 0 Å². The van der Waals surface area contributed by atoms with E-state index in [9.17, 15) is 0 Å². The van der Waals surface area contributed by atoms with Crippen LogP contribution < -0.4 is 14.8 Å². The summed E-state index contributed by atoms with van der Waals surface area (Å²) in [5.41, 5.74) is 1.25. The van der Waals surface area contributed by atoms with Crippen LogP contribution in [0.4, 0.5) is 0 Å². The lowest BCUT2D eigenvalue weighted by molar-refractivity contribution is 0.348. The Bertz CT molecular complexity index is 365. The first-order chi connectivity index (χ1) is 7.77. The number of rotatable bonds is 3. The molecule has 3 heteroatoms. The molecule has 88 valence electrons. The summed E-state index contributed by atoms with van der Waals surface area (Å²) in [6.07, 6.45) is 1.16. The second-order valence-corrected chi connectivity index (χ2v) is 4.22. The van der Waals surface area contributed by atoms with Crippen LogP contribution in [0.3, 0.4) is 0 Å². The first kappa shape index (κ1) is 11.3. The zero-order valence-corrected chi connectivity index (χ0v) is 10.1. The number of nitrogens with one attached hydrogen (secondary N) is 1. The first-order valence-corrected chi connectivity index (χ1v) is 5.72. The van der Waals surface area contributed by atoms with E-state index in [1.54, 1.807) is 14.2 Å². The molecule has 1 N–H and O–H groups in total. The second kappa shape index (κ2) is 4.74. The van der Waals surface area contributed by atoms with Crippen molar-refractivity contribution in [2.45, 2.75) is 25.3 Å². The fraction of sp³-hybridized carbons (Fsp3) is 0.538. The molecule has 0 aromatic heterocycles. The third-order valence-corrected chi connectivity index (χ3v) is 3.36. The molecule has 0 spiro atoms. The lowest BCUT2D eigenvalue weighted by Crippen LogP contribution is -2.21. The van der Waals surface area contributed by atoms with E-state index in [0.29, 0.717) is 12.0 Å². The largest absolute Gasteiger partial charge is 0.493 e. The molecule has 0 saturated carbocycles. The summed E-state index contributed by atoms with van der Waals surface area (Å²) in [5.74, 6) is 2.22. The molecule has 2 atom stereocenters. The maximum absolute atomic E-state index is 5.48. The highest BCUT2D eigenvalue weighted by Gasteiger charge is 2.27. The van der Waals surface area contributed by atoms with Crippen LogP contribution in [-0.4, -0.2) is 26.8 Å². The molecule has 0 aliphatic carbocycles. The number of para-hydroxylation sites is 1. The third-order valence-electron chi connectivity index (χ3n) is 3.36. The van der Waals surface area contributed by atoms with E-state index in [2.05, 4.69) is 18.3 Å². The van der Waals surface area contributed by atoms with Crippen LogP contribution in [0.5, 0.6) is 11.5 Å². The number of hydrogen-bond donors (Lipinski definition) is 1. The summed E-state index contributed by atoms with van der Waals surface area (Å²) in [6, 6.07) is 6.60. The van der Waals surface area contributed by atoms with Crippen LogP contribution in [0.25, 0.3) is 0 Å². The van der Waals surface area contributed by atoms with Crippen LogP contribution in [0.15, 0.2) is 18.2 Å². The molecule has 2 unspecified atom stereocenters.